The van der Waals surface area contributed by atoms with E-state index in [0.29, 0.717) is 34.5 Å². The molecule has 2 aliphatic carbocycles. The lowest BCUT2D eigenvalue weighted by atomic mass is 10.2. The van der Waals surface area contributed by atoms with Gasteiger partial charge in [0.15, 0.2) is 21.5 Å². The average molecular weight is 599 g/mol. The third-order valence-electron chi connectivity index (χ3n) is 6.29. The van der Waals surface area contributed by atoms with E-state index in [1.54, 1.807) is 21.0 Å². The second-order valence-corrected chi connectivity index (χ2v) is 13.1. The summed E-state index contributed by atoms with van der Waals surface area (Å²) in [6, 6.07) is 1.83. The minimum absolute atomic E-state index is 0.150. The molecule has 1 atom stereocenters. The fourth-order valence-electron chi connectivity index (χ4n) is 3.93. The summed E-state index contributed by atoms with van der Waals surface area (Å²) in [4.78, 5) is 35.8. The SMILES string of the molecule is C[C@H](NC(=O)c1cc(OC(F)(F)F)cc(S(=O)(=O)C2CC2)c1)c1nc(C2CC2)nn1-c1ncc(C(=O)N(C)C)s1. The standard InChI is InChI=1S/C24H25F3N6O5S2/c1-12(20-30-19(13-4-5-13)31-33(20)23-28-11-18(39-23)22(35)32(2)3)29-21(34)14-8-15(38-24(25,26)27)10-17(9-14)40(36,37)16-6-7-16/h8-13,16H,4-7H2,1-3H3,(H,29,34)/t12-/m0/s1. The van der Waals surface area contributed by atoms with Gasteiger partial charge in [-0.05, 0) is 50.8 Å². The van der Waals surface area contributed by atoms with Crippen LogP contribution in [0.5, 0.6) is 5.75 Å². The van der Waals surface area contributed by atoms with Crippen LogP contribution in [0.15, 0.2) is 29.3 Å². The van der Waals surface area contributed by atoms with Gasteiger partial charge in [0.1, 0.15) is 10.6 Å². The average Bonchev–Trinajstić information content (AvgIpc) is 3.80. The van der Waals surface area contributed by atoms with Gasteiger partial charge in [-0.1, -0.05) is 11.3 Å². The number of aromatic nitrogens is 4. The molecule has 11 nitrogen and oxygen atoms in total. The zero-order valence-electron chi connectivity index (χ0n) is 21.6. The molecule has 40 heavy (non-hydrogen) atoms. The Morgan fingerprint density at radius 1 is 1.18 bits per heavy atom. The number of halogens is 3. The summed E-state index contributed by atoms with van der Waals surface area (Å²) in [5.74, 6) is -0.902. The predicted molar refractivity (Wildman–Crippen MR) is 136 cm³/mol. The van der Waals surface area contributed by atoms with E-state index in [4.69, 9.17) is 0 Å². The highest BCUT2D eigenvalue weighted by Crippen LogP contribution is 2.39. The summed E-state index contributed by atoms with van der Waals surface area (Å²) in [5, 5.41) is 6.85. The Kier molecular flexibility index (Phi) is 7.10. The number of nitrogens with zero attached hydrogens (tertiary/aromatic N) is 5. The summed E-state index contributed by atoms with van der Waals surface area (Å²) in [6.07, 6.45) is -1.08. The normalized spacial score (nSPS) is 16.4. The lowest BCUT2D eigenvalue weighted by Gasteiger charge is -2.16. The third-order valence-corrected chi connectivity index (χ3v) is 9.49. The maximum Gasteiger partial charge on any atom is 0.573 e. The van der Waals surface area contributed by atoms with Crippen molar-refractivity contribution in [3.8, 4) is 10.9 Å². The lowest BCUT2D eigenvalue weighted by molar-refractivity contribution is -0.274. The molecule has 2 heterocycles. The zero-order valence-corrected chi connectivity index (χ0v) is 23.2. The van der Waals surface area contributed by atoms with Gasteiger partial charge < -0.3 is 15.0 Å². The molecule has 0 spiro atoms. The minimum Gasteiger partial charge on any atom is -0.406 e. The molecule has 16 heteroatoms. The number of ether oxygens (including phenoxy) is 1. The van der Waals surface area contributed by atoms with Crippen molar-refractivity contribution in [1.82, 2.24) is 30.0 Å². The number of thiazole rings is 1. The maximum atomic E-state index is 13.2. The molecule has 1 aromatic carbocycles. The first kappa shape index (κ1) is 28.0. The molecule has 1 N–H and O–H groups in total. The lowest BCUT2D eigenvalue weighted by Crippen LogP contribution is -2.29. The van der Waals surface area contributed by atoms with Gasteiger partial charge in [-0.2, -0.15) is 4.68 Å². The van der Waals surface area contributed by atoms with Gasteiger partial charge in [0, 0.05) is 25.6 Å². The van der Waals surface area contributed by atoms with Crippen LogP contribution in [0.3, 0.4) is 0 Å². The van der Waals surface area contributed by atoms with E-state index in [9.17, 15) is 31.2 Å². The van der Waals surface area contributed by atoms with E-state index in [2.05, 4.69) is 25.1 Å². The van der Waals surface area contributed by atoms with Crippen LogP contribution in [0.4, 0.5) is 13.2 Å². The largest absolute Gasteiger partial charge is 0.573 e. The van der Waals surface area contributed by atoms with Crippen LogP contribution < -0.4 is 10.1 Å². The number of carbonyl (C=O) groups excluding carboxylic acids is 2. The molecule has 214 valence electrons. The minimum atomic E-state index is -5.08. The smallest absolute Gasteiger partial charge is 0.406 e. The number of rotatable bonds is 9. The van der Waals surface area contributed by atoms with Crippen LogP contribution in [0.1, 0.15) is 76.2 Å². The van der Waals surface area contributed by atoms with Crippen molar-refractivity contribution >= 4 is 33.0 Å². The molecule has 5 rings (SSSR count). The fourth-order valence-corrected chi connectivity index (χ4v) is 6.54. The Bertz CT molecular complexity index is 1580. The molecule has 0 bridgehead atoms. The number of carbonyl (C=O) groups is 2. The summed E-state index contributed by atoms with van der Waals surface area (Å²) in [6.45, 7) is 1.60. The van der Waals surface area contributed by atoms with Gasteiger partial charge in [-0.3, -0.25) is 9.59 Å². The molecular formula is C24H25F3N6O5S2. The first-order valence-electron chi connectivity index (χ1n) is 12.3. The summed E-state index contributed by atoms with van der Waals surface area (Å²) in [5.41, 5.74) is -0.325. The Morgan fingerprint density at radius 3 is 2.48 bits per heavy atom. The number of alkyl halides is 3. The molecule has 2 saturated carbocycles. The van der Waals surface area contributed by atoms with Gasteiger partial charge in [0.25, 0.3) is 11.8 Å². The molecule has 2 aromatic heterocycles. The topological polar surface area (TPSA) is 136 Å². The fraction of sp³-hybridized carbons (Fsp3) is 0.458. The molecular weight excluding hydrogens is 573 g/mol. The molecule has 0 aliphatic heterocycles. The van der Waals surface area contributed by atoms with Crippen LogP contribution in [-0.4, -0.2) is 70.6 Å². The van der Waals surface area contributed by atoms with Crippen LogP contribution in [0.2, 0.25) is 0 Å². The highest BCUT2D eigenvalue weighted by molar-refractivity contribution is 7.92. The second kappa shape index (κ2) is 10.1. The Balaban J connectivity index is 1.45. The number of amides is 2. The first-order chi connectivity index (χ1) is 18.7. The van der Waals surface area contributed by atoms with Crippen LogP contribution in [0.25, 0.3) is 5.13 Å². The van der Waals surface area contributed by atoms with E-state index >= 15 is 0 Å². The first-order valence-corrected chi connectivity index (χ1v) is 14.7. The molecule has 0 radical (unpaired) electrons. The second-order valence-electron chi connectivity index (χ2n) is 9.90. The zero-order chi connectivity index (χ0) is 29.0. The molecule has 3 aromatic rings. The predicted octanol–water partition coefficient (Wildman–Crippen LogP) is 3.63. The van der Waals surface area contributed by atoms with Crippen molar-refractivity contribution in [2.75, 3.05) is 14.1 Å². The number of sulfone groups is 1. The summed E-state index contributed by atoms with van der Waals surface area (Å²) >= 11 is 1.09. The van der Waals surface area contributed by atoms with Crippen molar-refractivity contribution in [1.29, 1.82) is 0 Å². The molecule has 2 amide bonds. The number of hydrogen-bond donors (Lipinski definition) is 1. The molecule has 0 unspecified atom stereocenters. The quantitative estimate of drug-likeness (QED) is 0.395. The number of benzene rings is 1. The monoisotopic (exact) mass is 598 g/mol. The van der Waals surface area contributed by atoms with Crippen LogP contribution in [0, 0.1) is 0 Å². The van der Waals surface area contributed by atoms with E-state index in [1.165, 1.54) is 15.8 Å². The van der Waals surface area contributed by atoms with Crippen molar-refractivity contribution in [2.24, 2.45) is 0 Å². The maximum absolute atomic E-state index is 13.2. The summed E-state index contributed by atoms with van der Waals surface area (Å²) in [7, 11) is -0.700. The van der Waals surface area contributed by atoms with Crippen molar-refractivity contribution in [3.05, 3.63) is 46.5 Å². The van der Waals surface area contributed by atoms with Gasteiger partial charge in [-0.25, -0.2) is 18.4 Å². The van der Waals surface area contributed by atoms with Crippen molar-refractivity contribution < 1.29 is 35.9 Å². The summed E-state index contributed by atoms with van der Waals surface area (Å²) < 4.78 is 69.8. The third kappa shape index (κ3) is 5.96. The Morgan fingerprint density at radius 2 is 1.88 bits per heavy atom. The molecule has 2 fully saturated rings. The van der Waals surface area contributed by atoms with E-state index in [0.717, 1.165) is 42.4 Å². The van der Waals surface area contributed by atoms with Crippen molar-refractivity contribution in [3.63, 3.8) is 0 Å². The Labute approximate surface area is 231 Å². The molecule has 2 aliphatic rings. The number of hydrogen-bond acceptors (Lipinski definition) is 9. The van der Waals surface area contributed by atoms with Crippen LogP contribution in [-0.2, 0) is 9.84 Å². The van der Waals surface area contributed by atoms with Gasteiger partial charge in [0.05, 0.1) is 22.4 Å². The van der Waals surface area contributed by atoms with Gasteiger partial charge in [-0.15, -0.1) is 18.3 Å². The highest BCUT2D eigenvalue weighted by atomic mass is 32.2. The number of nitrogens with one attached hydrogen (secondary N) is 1. The van der Waals surface area contributed by atoms with Gasteiger partial charge in [0.2, 0.25) is 5.13 Å². The Hall–Kier alpha value is -3.53. The van der Waals surface area contributed by atoms with Crippen LogP contribution >= 0.6 is 11.3 Å². The van der Waals surface area contributed by atoms with E-state index in [1.807, 2.05) is 0 Å². The molecule has 0 saturated heterocycles. The van der Waals surface area contributed by atoms with E-state index in [-0.39, 0.29) is 17.4 Å². The van der Waals surface area contributed by atoms with Gasteiger partial charge >= 0.3 is 6.36 Å². The van der Waals surface area contributed by atoms with E-state index < -0.39 is 44.0 Å². The highest BCUT2D eigenvalue weighted by Gasteiger charge is 2.39. The van der Waals surface area contributed by atoms with Crippen molar-refractivity contribution in [2.45, 2.75) is 61.1 Å².